The summed E-state index contributed by atoms with van der Waals surface area (Å²) in [5.74, 6) is -2.31. The van der Waals surface area contributed by atoms with Crippen LogP contribution in [0.25, 0.3) is 22.3 Å². The van der Waals surface area contributed by atoms with Gasteiger partial charge in [-0.3, -0.25) is 19.3 Å². The van der Waals surface area contributed by atoms with Crippen LogP contribution in [0.4, 0.5) is 0 Å². The molecule has 1 aliphatic rings. The van der Waals surface area contributed by atoms with Crippen LogP contribution in [0.5, 0.6) is 5.75 Å². The minimum absolute atomic E-state index is 0.0789. The van der Waals surface area contributed by atoms with Gasteiger partial charge in [-0.1, -0.05) is 69.3 Å². The van der Waals surface area contributed by atoms with E-state index < -0.39 is 29.8 Å². The highest BCUT2D eigenvalue weighted by Crippen LogP contribution is 2.33. The largest absolute Gasteiger partial charge is 0.452 e. The van der Waals surface area contributed by atoms with Gasteiger partial charge in [0.2, 0.25) is 11.2 Å². The molecule has 1 aliphatic heterocycles. The second-order valence-electron chi connectivity index (χ2n) is 9.63. The van der Waals surface area contributed by atoms with E-state index in [1.54, 1.807) is 48.5 Å². The van der Waals surface area contributed by atoms with Crippen molar-refractivity contribution in [2.75, 3.05) is 6.54 Å². The molecule has 4 aromatic rings. The summed E-state index contributed by atoms with van der Waals surface area (Å²) in [6.45, 7) is 5.63. The van der Waals surface area contributed by atoms with E-state index in [0.717, 1.165) is 10.5 Å². The first-order chi connectivity index (χ1) is 17.1. The van der Waals surface area contributed by atoms with Crippen LogP contribution >= 0.6 is 0 Å². The summed E-state index contributed by atoms with van der Waals surface area (Å²) in [4.78, 5) is 52.4. The van der Waals surface area contributed by atoms with Gasteiger partial charge in [0.1, 0.15) is 12.1 Å². The molecule has 0 radical (unpaired) electrons. The highest BCUT2D eigenvalue weighted by Gasteiger charge is 2.37. The van der Waals surface area contributed by atoms with Gasteiger partial charge < -0.3 is 9.15 Å². The Balaban J connectivity index is 1.51. The van der Waals surface area contributed by atoms with Gasteiger partial charge in [0, 0.05) is 5.56 Å². The Hall–Kier alpha value is -4.52. The van der Waals surface area contributed by atoms with Gasteiger partial charge in [-0.05, 0) is 35.2 Å². The first kappa shape index (κ1) is 23.2. The number of hydrogen-bond acceptors (Lipinski definition) is 6. The van der Waals surface area contributed by atoms with Gasteiger partial charge in [-0.25, -0.2) is 4.79 Å². The zero-order valence-corrected chi connectivity index (χ0v) is 20.0. The van der Waals surface area contributed by atoms with E-state index in [9.17, 15) is 19.2 Å². The smallest absolute Gasteiger partial charge is 0.331 e. The van der Waals surface area contributed by atoms with Gasteiger partial charge in [0.05, 0.1) is 16.5 Å². The summed E-state index contributed by atoms with van der Waals surface area (Å²) in [7, 11) is 0. The topological polar surface area (TPSA) is 93.9 Å². The third kappa shape index (κ3) is 3.98. The van der Waals surface area contributed by atoms with Gasteiger partial charge in [-0.2, -0.15) is 0 Å². The van der Waals surface area contributed by atoms with E-state index in [1.807, 2.05) is 12.1 Å². The van der Waals surface area contributed by atoms with Gasteiger partial charge in [0.15, 0.2) is 5.76 Å². The Bertz CT molecular complexity index is 1560. The lowest BCUT2D eigenvalue weighted by Gasteiger charge is -2.19. The molecule has 3 aromatic carbocycles. The quantitative estimate of drug-likeness (QED) is 0.302. The lowest BCUT2D eigenvalue weighted by Crippen LogP contribution is -2.37. The first-order valence-corrected chi connectivity index (χ1v) is 11.5. The number of carbonyl (C=O) groups excluding carboxylic acids is 3. The molecule has 7 nitrogen and oxygen atoms in total. The zero-order valence-electron chi connectivity index (χ0n) is 20.0. The molecule has 0 unspecified atom stereocenters. The molecule has 1 aromatic heterocycles. The van der Waals surface area contributed by atoms with Crippen LogP contribution in [-0.4, -0.2) is 29.2 Å². The lowest BCUT2D eigenvalue weighted by molar-refractivity contribution is -0.134. The Labute approximate surface area is 206 Å². The molecular weight excluding hydrogens is 458 g/mol. The number of ether oxygens (including phenoxy) is 1. The van der Waals surface area contributed by atoms with Crippen molar-refractivity contribution in [2.24, 2.45) is 0 Å². The van der Waals surface area contributed by atoms with Crippen LogP contribution in [0.1, 0.15) is 47.1 Å². The third-order valence-corrected chi connectivity index (χ3v) is 6.15. The molecule has 0 spiro atoms. The second-order valence-corrected chi connectivity index (χ2v) is 9.63. The average molecular weight is 482 g/mol. The predicted octanol–water partition coefficient (Wildman–Crippen LogP) is 4.96. The van der Waals surface area contributed by atoms with Crippen molar-refractivity contribution in [1.29, 1.82) is 0 Å². The summed E-state index contributed by atoms with van der Waals surface area (Å²) in [6, 6.07) is 20.5. The molecule has 0 bridgehead atoms. The zero-order chi connectivity index (χ0) is 25.6. The fourth-order valence-electron chi connectivity index (χ4n) is 4.19. The molecule has 2 heterocycles. The summed E-state index contributed by atoms with van der Waals surface area (Å²) in [5.41, 5.74) is 1.82. The molecule has 0 saturated carbocycles. The standard InChI is InChI=1S/C29H23NO6/c1-29(2,3)18-14-12-17(13-15-18)25-26(24(32)21-10-6-7-11-22(21)35-25)36-23(31)16-30-27(33)19-8-4-5-9-20(19)28(30)34/h4-15H,16H2,1-3H3. The monoisotopic (exact) mass is 481 g/mol. The summed E-state index contributed by atoms with van der Waals surface area (Å²) >= 11 is 0. The van der Waals surface area contributed by atoms with Gasteiger partial charge >= 0.3 is 5.97 Å². The first-order valence-electron chi connectivity index (χ1n) is 11.5. The van der Waals surface area contributed by atoms with E-state index in [-0.39, 0.29) is 33.4 Å². The van der Waals surface area contributed by atoms with Crippen LogP contribution in [0, 0.1) is 0 Å². The lowest BCUT2D eigenvalue weighted by atomic mass is 9.86. The van der Waals surface area contributed by atoms with Crippen molar-refractivity contribution in [3.63, 3.8) is 0 Å². The fourth-order valence-corrected chi connectivity index (χ4v) is 4.19. The second kappa shape index (κ2) is 8.61. The molecule has 0 atom stereocenters. The Kier molecular flexibility index (Phi) is 5.55. The van der Waals surface area contributed by atoms with E-state index in [0.29, 0.717) is 11.1 Å². The number of hydrogen-bond donors (Lipinski definition) is 0. The predicted molar refractivity (Wildman–Crippen MR) is 134 cm³/mol. The van der Waals surface area contributed by atoms with Crippen molar-refractivity contribution in [2.45, 2.75) is 26.2 Å². The molecule has 36 heavy (non-hydrogen) atoms. The van der Waals surface area contributed by atoms with Gasteiger partial charge in [0.25, 0.3) is 11.8 Å². The number of benzene rings is 3. The summed E-state index contributed by atoms with van der Waals surface area (Å²) < 4.78 is 11.5. The maximum absolute atomic E-state index is 13.3. The van der Waals surface area contributed by atoms with Crippen molar-refractivity contribution in [3.8, 4) is 17.1 Å². The Morgan fingerprint density at radius 3 is 2.03 bits per heavy atom. The number of carbonyl (C=O) groups is 3. The minimum atomic E-state index is -0.931. The fraction of sp³-hybridized carbons (Fsp3) is 0.172. The highest BCUT2D eigenvalue weighted by atomic mass is 16.5. The number of rotatable bonds is 4. The molecule has 180 valence electrons. The number of para-hydroxylation sites is 1. The van der Waals surface area contributed by atoms with E-state index in [2.05, 4.69) is 20.8 Å². The normalized spacial score (nSPS) is 13.2. The van der Waals surface area contributed by atoms with Crippen LogP contribution in [0.2, 0.25) is 0 Å². The molecule has 0 saturated heterocycles. The number of imide groups is 1. The van der Waals surface area contributed by atoms with Crippen LogP contribution in [0.15, 0.2) is 82.0 Å². The maximum atomic E-state index is 13.3. The maximum Gasteiger partial charge on any atom is 0.331 e. The molecule has 5 rings (SSSR count). The molecule has 7 heteroatoms. The summed E-state index contributed by atoms with van der Waals surface area (Å²) in [5, 5.41) is 0.246. The van der Waals surface area contributed by atoms with Gasteiger partial charge in [-0.15, -0.1) is 0 Å². The van der Waals surface area contributed by atoms with Crippen LogP contribution in [0.3, 0.4) is 0 Å². The van der Waals surface area contributed by atoms with Crippen molar-refractivity contribution < 1.29 is 23.5 Å². The average Bonchev–Trinajstić information content (AvgIpc) is 3.10. The molecular formula is C29H23NO6. The molecule has 0 N–H and O–H groups in total. The Morgan fingerprint density at radius 1 is 0.833 bits per heavy atom. The van der Waals surface area contributed by atoms with Crippen LogP contribution < -0.4 is 10.2 Å². The van der Waals surface area contributed by atoms with Crippen molar-refractivity contribution in [1.82, 2.24) is 4.90 Å². The number of esters is 1. The van der Waals surface area contributed by atoms with Crippen molar-refractivity contribution in [3.05, 3.63) is 99.7 Å². The Morgan fingerprint density at radius 2 is 1.42 bits per heavy atom. The van der Waals surface area contributed by atoms with Crippen LogP contribution in [-0.2, 0) is 10.2 Å². The number of amides is 2. The third-order valence-electron chi connectivity index (χ3n) is 6.15. The summed E-state index contributed by atoms with van der Waals surface area (Å²) in [6.07, 6.45) is 0. The number of fused-ring (bicyclic) bond motifs is 2. The highest BCUT2D eigenvalue weighted by molar-refractivity contribution is 6.22. The van der Waals surface area contributed by atoms with Crippen molar-refractivity contribution >= 4 is 28.8 Å². The molecule has 2 amide bonds. The van der Waals surface area contributed by atoms with E-state index in [1.165, 1.54) is 12.1 Å². The minimum Gasteiger partial charge on any atom is -0.452 e. The van der Waals surface area contributed by atoms with E-state index in [4.69, 9.17) is 9.15 Å². The number of nitrogens with zero attached hydrogens (tertiary/aromatic N) is 1. The SMILES string of the molecule is CC(C)(C)c1ccc(-c2oc3ccccc3c(=O)c2OC(=O)CN2C(=O)c3ccccc3C2=O)cc1. The molecule has 0 aliphatic carbocycles. The molecule has 0 fully saturated rings. The van der Waals surface area contributed by atoms with E-state index >= 15 is 0 Å².